The highest BCUT2D eigenvalue weighted by Crippen LogP contribution is 2.35. The number of hydrogen-bond acceptors (Lipinski definition) is 5. The summed E-state index contributed by atoms with van der Waals surface area (Å²) in [6, 6.07) is 12.5. The molecule has 2 aromatic carbocycles. The van der Waals surface area contributed by atoms with Crippen LogP contribution in [-0.2, 0) is 14.8 Å². The minimum Gasteiger partial charge on any atom is -0.492 e. The smallest absolute Gasteiger partial charge is 0.256 e. The van der Waals surface area contributed by atoms with E-state index in [1.807, 2.05) is 24.3 Å². The van der Waals surface area contributed by atoms with Gasteiger partial charge in [-0.2, -0.15) is 0 Å². The van der Waals surface area contributed by atoms with Gasteiger partial charge in [0.05, 0.1) is 10.5 Å². The molecule has 2 N–H and O–H groups in total. The van der Waals surface area contributed by atoms with Crippen LogP contribution in [0.15, 0.2) is 47.4 Å². The number of ether oxygens (including phenoxy) is 1. The highest BCUT2D eigenvalue weighted by molar-refractivity contribution is 7.89. The number of hydrogen-bond donors (Lipinski definition) is 2. The number of aromatic nitrogens is 1. The number of rotatable bonds is 7. The van der Waals surface area contributed by atoms with E-state index >= 15 is 0 Å². The van der Waals surface area contributed by atoms with Gasteiger partial charge in [0.1, 0.15) is 12.4 Å². The van der Waals surface area contributed by atoms with Crippen LogP contribution in [0.5, 0.6) is 5.75 Å². The zero-order valence-electron chi connectivity index (χ0n) is 19.3. The van der Waals surface area contributed by atoms with E-state index in [2.05, 4.69) is 15.2 Å². The van der Waals surface area contributed by atoms with E-state index in [1.165, 1.54) is 33.0 Å². The molecule has 5 rings (SSSR count). The Balaban J connectivity index is 1.39. The minimum absolute atomic E-state index is 0.144. The summed E-state index contributed by atoms with van der Waals surface area (Å²) >= 11 is 0. The van der Waals surface area contributed by atoms with Crippen molar-refractivity contribution in [3.63, 3.8) is 0 Å². The largest absolute Gasteiger partial charge is 0.492 e. The average Bonchev–Trinajstić information content (AvgIpc) is 3.53. The number of sulfonamides is 1. The molecule has 0 bridgehead atoms. The van der Waals surface area contributed by atoms with Crippen molar-refractivity contribution in [3.8, 4) is 5.75 Å². The number of amides is 1. The quantitative estimate of drug-likeness (QED) is 0.506. The molecule has 0 atom stereocenters. The van der Waals surface area contributed by atoms with E-state index in [0.29, 0.717) is 23.4 Å². The number of likely N-dealkylation sites (tertiary alicyclic amines) is 1. The van der Waals surface area contributed by atoms with Crippen LogP contribution >= 0.6 is 0 Å². The summed E-state index contributed by atoms with van der Waals surface area (Å²) in [7, 11) is -0.641. The summed E-state index contributed by atoms with van der Waals surface area (Å²) in [4.78, 5) is 18.5. The molecular weight excluding hydrogens is 452 g/mol. The fourth-order valence-corrected chi connectivity index (χ4v) is 5.37. The van der Waals surface area contributed by atoms with Crippen molar-refractivity contribution < 1.29 is 17.9 Å². The van der Waals surface area contributed by atoms with Gasteiger partial charge in [0.2, 0.25) is 10.0 Å². The Labute approximate surface area is 199 Å². The summed E-state index contributed by atoms with van der Waals surface area (Å²) in [5.41, 5.74) is 3.26. The highest BCUT2D eigenvalue weighted by atomic mass is 32.2. The molecule has 0 radical (unpaired) electrons. The maximum absolute atomic E-state index is 12.6. The zero-order valence-corrected chi connectivity index (χ0v) is 20.1. The summed E-state index contributed by atoms with van der Waals surface area (Å²) < 4.78 is 32.2. The van der Waals surface area contributed by atoms with Gasteiger partial charge in [0, 0.05) is 48.5 Å². The van der Waals surface area contributed by atoms with Crippen LogP contribution in [0.2, 0.25) is 0 Å². The predicted octanol–water partition coefficient (Wildman–Crippen LogP) is 3.39. The molecule has 0 aliphatic carbocycles. The number of anilines is 1. The lowest BCUT2D eigenvalue weighted by molar-refractivity contribution is -0.110. The number of H-pyrrole nitrogens is 1. The Morgan fingerprint density at radius 1 is 1.09 bits per heavy atom. The zero-order chi connectivity index (χ0) is 23.9. The maximum Gasteiger partial charge on any atom is 0.256 e. The Morgan fingerprint density at radius 2 is 1.88 bits per heavy atom. The first-order chi connectivity index (χ1) is 16.3. The van der Waals surface area contributed by atoms with Gasteiger partial charge >= 0.3 is 0 Å². The lowest BCUT2D eigenvalue weighted by atomic mass is 10.1. The lowest BCUT2D eigenvalue weighted by Crippen LogP contribution is -2.25. The SMILES string of the molecule is CN(C)S(=O)(=O)c1ccc2c(c1)/C(=C\c1cc3cc(OCCN4CCCC4)ccc3[nH]1)C(=O)N2. The number of carbonyl (C=O) groups excluding carboxylic acids is 1. The van der Waals surface area contributed by atoms with Crippen LogP contribution in [0.3, 0.4) is 0 Å². The van der Waals surface area contributed by atoms with Crippen molar-refractivity contribution in [2.24, 2.45) is 0 Å². The monoisotopic (exact) mass is 480 g/mol. The molecule has 0 saturated carbocycles. The van der Waals surface area contributed by atoms with Crippen molar-refractivity contribution in [2.45, 2.75) is 17.7 Å². The number of aromatic amines is 1. The van der Waals surface area contributed by atoms with E-state index in [0.717, 1.165) is 46.3 Å². The van der Waals surface area contributed by atoms with Gasteiger partial charge in [-0.3, -0.25) is 9.69 Å². The standard InChI is InChI=1S/C25H28N4O4S/c1-28(2)34(31,32)20-6-8-24-21(16-20)22(25(30)27-24)15-18-13-17-14-19(5-7-23(17)26-18)33-12-11-29-9-3-4-10-29/h5-8,13-16,26H,3-4,9-12H2,1-2H3,(H,27,30)/b22-15+. The molecule has 1 saturated heterocycles. The van der Waals surface area contributed by atoms with Crippen molar-refractivity contribution in [3.05, 3.63) is 53.7 Å². The Kier molecular flexibility index (Phi) is 5.93. The fourth-order valence-electron chi connectivity index (χ4n) is 4.44. The van der Waals surface area contributed by atoms with Gasteiger partial charge in [-0.15, -0.1) is 0 Å². The van der Waals surface area contributed by atoms with Gasteiger partial charge in [0.15, 0.2) is 0 Å². The molecule has 0 unspecified atom stereocenters. The van der Waals surface area contributed by atoms with E-state index in [4.69, 9.17) is 4.74 Å². The van der Waals surface area contributed by atoms with E-state index in [9.17, 15) is 13.2 Å². The molecule has 1 aromatic heterocycles. The number of nitrogens with one attached hydrogen (secondary N) is 2. The van der Waals surface area contributed by atoms with Crippen LogP contribution in [0.4, 0.5) is 5.69 Å². The van der Waals surface area contributed by atoms with Crippen molar-refractivity contribution in [1.29, 1.82) is 0 Å². The molecule has 2 aliphatic heterocycles. The number of carbonyl (C=O) groups is 1. The molecular formula is C25H28N4O4S. The molecule has 8 nitrogen and oxygen atoms in total. The van der Waals surface area contributed by atoms with Gasteiger partial charge in [-0.25, -0.2) is 12.7 Å². The highest BCUT2D eigenvalue weighted by Gasteiger charge is 2.27. The minimum atomic E-state index is -3.61. The van der Waals surface area contributed by atoms with Crippen LogP contribution in [0.1, 0.15) is 24.1 Å². The van der Waals surface area contributed by atoms with Gasteiger partial charge < -0.3 is 15.0 Å². The first-order valence-corrected chi connectivity index (χ1v) is 12.8. The molecule has 34 heavy (non-hydrogen) atoms. The first-order valence-electron chi connectivity index (χ1n) is 11.4. The van der Waals surface area contributed by atoms with Crippen molar-refractivity contribution in [1.82, 2.24) is 14.2 Å². The third-order valence-electron chi connectivity index (χ3n) is 6.34. The van der Waals surface area contributed by atoms with Crippen LogP contribution < -0.4 is 10.1 Å². The lowest BCUT2D eigenvalue weighted by Gasteiger charge is -2.14. The third-order valence-corrected chi connectivity index (χ3v) is 8.15. The number of nitrogens with zero attached hydrogens (tertiary/aromatic N) is 2. The third kappa shape index (κ3) is 4.34. The van der Waals surface area contributed by atoms with Crippen LogP contribution in [0.25, 0.3) is 22.6 Å². The molecule has 0 spiro atoms. The fraction of sp³-hybridized carbons (Fsp3) is 0.320. The normalized spacial score (nSPS) is 17.6. The second-order valence-corrected chi connectivity index (χ2v) is 11.0. The molecule has 1 fully saturated rings. The molecule has 9 heteroatoms. The summed E-state index contributed by atoms with van der Waals surface area (Å²) in [5.74, 6) is 0.548. The van der Waals surface area contributed by atoms with Crippen molar-refractivity contribution in [2.75, 3.05) is 45.7 Å². The molecule has 2 aliphatic rings. The first kappa shape index (κ1) is 22.6. The summed E-state index contributed by atoms with van der Waals surface area (Å²) in [6.07, 6.45) is 4.28. The average molecular weight is 481 g/mol. The molecule has 178 valence electrons. The van der Waals surface area contributed by atoms with Gasteiger partial charge in [-0.05, 0) is 74.5 Å². The van der Waals surface area contributed by atoms with Gasteiger partial charge in [0.25, 0.3) is 5.91 Å². The predicted molar refractivity (Wildman–Crippen MR) is 133 cm³/mol. The van der Waals surface area contributed by atoms with E-state index < -0.39 is 10.0 Å². The van der Waals surface area contributed by atoms with E-state index in [-0.39, 0.29) is 10.8 Å². The maximum atomic E-state index is 12.6. The van der Waals surface area contributed by atoms with Crippen LogP contribution in [0, 0.1) is 0 Å². The Bertz CT molecular complexity index is 1390. The van der Waals surface area contributed by atoms with E-state index in [1.54, 1.807) is 18.2 Å². The summed E-state index contributed by atoms with van der Waals surface area (Å²) in [6.45, 7) is 3.89. The molecule has 1 amide bonds. The second-order valence-electron chi connectivity index (χ2n) is 8.88. The Hall–Kier alpha value is -3.14. The second kappa shape index (κ2) is 8.90. The molecule has 3 aromatic rings. The number of benzene rings is 2. The number of fused-ring (bicyclic) bond motifs is 2. The van der Waals surface area contributed by atoms with Crippen LogP contribution in [-0.4, -0.2) is 68.9 Å². The van der Waals surface area contributed by atoms with Crippen molar-refractivity contribution >= 4 is 44.2 Å². The topological polar surface area (TPSA) is 94.7 Å². The molecule has 3 heterocycles. The Morgan fingerprint density at radius 3 is 2.65 bits per heavy atom. The summed E-state index contributed by atoms with van der Waals surface area (Å²) in [5, 5.41) is 3.79. The van der Waals surface area contributed by atoms with Gasteiger partial charge in [-0.1, -0.05) is 0 Å².